The van der Waals surface area contributed by atoms with Crippen LogP contribution in [0.2, 0.25) is 0 Å². The number of rotatable bonds is 3. The van der Waals surface area contributed by atoms with Gasteiger partial charge in [-0.15, -0.1) is 0 Å². The molecule has 4 rings (SSSR count). The number of pyridine rings is 1. The largest absolute Gasteiger partial charge is 0.331 e. The van der Waals surface area contributed by atoms with E-state index < -0.39 is 17.5 Å². The van der Waals surface area contributed by atoms with Crippen molar-refractivity contribution in [2.45, 2.75) is 6.54 Å². The number of carbonyl (C=O) groups is 1. The van der Waals surface area contributed by atoms with E-state index in [1.54, 1.807) is 75.7 Å². The zero-order chi connectivity index (χ0) is 19.8. The summed E-state index contributed by atoms with van der Waals surface area (Å²) in [4.78, 5) is 25.3. The summed E-state index contributed by atoms with van der Waals surface area (Å²) in [6.07, 6.45) is 0. The summed E-state index contributed by atoms with van der Waals surface area (Å²) in [6, 6.07) is 16.2. The molecule has 0 radical (unpaired) electrons. The summed E-state index contributed by atoms with van der Waals surface area (Å²) >= 11 is 1.56. The van der Waals surface area contributed by atoms with E-state index in [-0.39, 0.29) is 21.2 Å². The van der Waals surface area contributed by atoms with Crippen molar-refractivity contribution in [3.8, 4) is 0 Å². The van der Waals surface area contributed by atoms with Crippen LogP contribution >= 0.6 is 22.6 Å². The summed E-state index contributed by atoms with van der Waals surface area (Å²) < 4.78 is 29.1. The maximum absolute atomic E-state index is 13.7. The molecule has 0 saturated carbocycles. The fraction of sp³-hybridized carbons (Fsp3) is 0.0476. The molecule has 1 aromatic heterocycles. The Bertz CT molecular complexity index is 1220. The van der Waals surface area contributed by atoms with Crippen LogP contribution in [-0.2, 0) is 11.3 Å². The van der Waals surface area contributed by atoms with Gasteiger partial charge in [0.15, 0.2) is 5.43 Å². The van der Waals surface area contributed by atoms with Crippen LogP contribution in [0, 0.1) is 15.2 Å². The third kappa shape index (κ3) is 3.26. The van der Waals surface area contributed by atoms with Crippen molar-refractivity contribution in [3.63, 3.8) is 0 Å². The number of amides is 1. The Morgan fingerprint density at radius 2 is 1.43 bits per heavy atom. The predicted molar refractivity (Wildman–Crippen MR) is 113 cm³/mol. The van der Waals surface area contributed by atoms with Gasteiger partial charge in [0.1, 0.15) is 18.2 Å². The zero-order valence-electron chi connectivity index (χ0n) is 14.4. The van der Waals surface area contributed by atoms with Crippen molar-refractivity contribution < 1.29 is 13.6 Å². The number of anilines is 1. The molecule has 28 heavy (non-hydrogen) atoms. The second-order valence-electron chi connectivity index (χ2n) is 6.25. The van der Waals surface area contributed by atoms with E-state index in [2.05, 4.69) is 5.32 Å². The second-order valence-corrected chi connectivity index (χ2v) is 7.33. The maximum Gasteiger partial charge on any atom is 0.244 e. The first kappa shape index (κ1) is 18.5. The van der Waals surface area contributed by atoms with Crippen molar-refractivity contribution in [2.75, 3.05) is 5.32 Å². The second kappa shape index (κ2) is 7.31. The highest BCUT2D eigenvalue weighted by Gasteiger charge is 2.14. The lowest BCUT2D eigenvalue weighted by Gasteiger charge is -2.15. The highest BCUT2D eigenvalue weighted by Crippen LogP contribution is 2.22. The van der Waals surface area contributed by atoms with Crippen LogP contribution in [0.5, 0.6) is 0 Å². The number of nitrogens with one attached hydrogen (secondary N) is 1. The predicted octanol–water partition coefficient (Wildman–Crippen LogP) is 4.68. The number of hydrogen-bond donors (Lipinski definition) is 1. The normalized spacial score (nSPS) is 11.1. The van der Waals surface area contributed by atoms with Crippen LogP contribution in [0.4, 0.5) is 14.5 Å². The van der Waals surface area contributed by atoms with Crippen molar-refractivity contribution in [1.82, 2.24) is 4.57 Å². The lowest BCUT2D eigenvalue weighted by atomic mass is 10.1. The highest BCUT2D eigenvalue weighted by molar-refractivity contribution is 14.1. The summed E-state index contributed by atoms with van der Waals surface area (Å²) in [5.41, 5.74) is 1.15. The number of carbonyl (C=O) groups excluding carboxylic acids is 1. The van der Waals surface area contributed by atoms with Crippen molar-refractivity contribution in [3.05, 3.63) is 86.1 Å². The van der Waals surface area contributed by atoms with Crippen LogP contribution in [0.15, 0.2) is 65.5 Å². The van der Waals surface area contributed by atoms with Gasteiger partial charge in [0, 0.05) is 16.5 Å². The fourth-order valence-electron chi connectivity index (χ4n) is 3.22. The monoisotopic (exact) mass is 490 g/mol. The van der Waals surface area contributed by atoms with E-state index in [4.69, 9.17) is 0 Å². The number of halogens is 3. The molecule has 1 N–H and O–H groups in total. The molecular formula is C21H13F2IN2O2. The van der Waals surface area contributed by atoms with E-state index in [1.807, 2.05) is 0 Å². The van der Waals surface area contributed by atoms with Crippen LogP contribution in [-0.4, -0.2) is 10.5 Å². The maximum atomic E-state index is 13.7. The fourth-order valence-corrected chi connectivity index (χ4v) is 3.53. The molecule has 0 aliphatic heterocycles. The molecule has 0 bridgehead atoms. The summed E-state index contributed by atoms with van der Waals surface area (Å²) in [6.45, 7) is -0.115. The lowest BCUT2D eigenvalue weighted by molar-refractivity contribution is -0.116. The van der Waals surface area contributed by atoms with E-state index >= 15 is 0 Å². The van der Waals surface area contributed by atoms with Gasteiger partial charge in [-0.2, -0.15) is 0 Å². The average Bonchev–Trinajstić information content (AvgIpc) is 2.69. The molecule has 4 nitrogen and oxygen atoms in total. The zero-order valence-corrected chi connectivity index (χ0v) is 16.5. The van der Waals surface area contributed by atoms with E-state index in [0.717, 1.165) is 12.1 Å². The van der Waals surface area contributed by atoms with E-state index in [0.29, 0.717) is 21.8 Å². The Morgan fingerprint density at radius 3 is 1.96 bits per heavy atom. The van der Waals surface area contributed by atoms with Gasteiger partial charge in [0.25, 0.3) is 0 Å². The SMILES string of the molecule is O=C(Cn1c2ccccc2c(=O)c2ccccc21)Nc1cc(F)c(I)c(F)c1. The molecular weight excluding hydrogens is 477 g/mol. The smallest absolute Gasteiger partial charge is 0.244 e. The molecule has 0 unspecified atom stereocenters. The van der Waals surface area contributed by atoms with Gasteiger partial charge in [-0.3, -0.25) is 9.59 Å². The Kier molecular flexibility index (Phi) is 4.84. The Morgan fingerprint density at radius 1 is 0.929 bits per heavy atom. The molecule has 1 heterocycles. The van der Waals surface area contributed by atoms with Crippen LogP contribution in [0.25, 0.3) is 21.8 Å². The molecule has 0 spiro atoms. The first-order valence-corrected chi connectivity index (χ1v) is 9.48. The number of para-hydroxylation sites is 2. The van der Waals surface area contributed by atoms with Gasteiger partial charge in [-0.25, -0.2) is 8.78 Å². The number of hydrogen-bond acceptors (Lipinski definition) is 2. The van der Waals surface area contributed by atoms with Crippen LogP contribution < -0.4 is 10.7 Å². The molecule has 0 aliphatic rings. The Balaban J connectivity index is 1.78. The molecule has 0 atom stereocenters. The minimum absolute atomic E-state index is 0.0371. The molecule has 0 aliphatic carbocycles. The first-order valence-electron chi connectivity index (χ1n) is 8.40. The van der Waals surface area contributed by atoms with Gasteiger partial charge in [0.2, 0.25) is 5.91 Å². The van der Waals surface area contributed by atoms with Crippen molar-refractivity contribution >= 4 is 56.0 Å². The highest BCUT2D eigenvalue weighted by atomic mass is 127. The van der Waals surface area contributed by atoms with Gasteiger partial charge >= 0.3 is 0 Å². The standard InChI is InChI=1S/C21H13F2IN2O2/c22-15-9-12(10-16(23)20(15)24)25-19(27)11-26-17-7-3-1-5-13(17)21(28)14-6-2-4-8-18(14)26/h1-10H,11H2,(H,25,27). The summed E-state index contributed by atoms with van der Waals surface area (Å²) in [7, 11) is 0. The molecule has 7 heteroatoms. The van der Waals surface area contributed by atoms with E-state index in [1.165, 1.54) is 0 Å². The summed E-state index contributed by atoms with van der Waals surface area (Å²) in [5.74, 6) is -1.94. The summed E-state index contributed by atoms with van der Waals surface area (Å²) in [5, 5.41) is 3.52. The number of nitrogens with zero attached hydrogens (tertiary/aromatic N) is 1. The average molecular weight is 490 g/mol. The number of benzene rings is 3. The van der Waals surface area contributed by atoms with Gasteiger partial charge in [0.05, 0.1) is 14.6 Å². The minimum Gasteiger partial charge on any atom is -0.331 e. The third-order valence-electron chi connectivity index (χ3n) is 4.45. The van der Waals surface area contributed by atoms with Gasteiger partial charge in [-0.1, -0.05) is 24.3 Å². The van der Waals surface area contributed by atoms with Crippen molar-refractivity contribution in [1.29, 1.82) is 0 Å². The first-order chi connectivity index (χ1) is 13.5. The molecule has 140 valence electrons. The van der Waals surface area contributed by atoms with E-state index in [9.17, 15) is 18.4 Å². The quantitative estimate of drug-likeness (QED) is 0.258. The number of fused-ring (bicyclic) bond motifs is 2. The molecule has 0 fully saturated rings. The molecule has 4 aromatic rings. The lowest BCUT2D eigenvalue weighted by Crippen LogP contribution is -2.21. The Hall–Kier alpha value is -2.81. The van der Waals surface area contributed by atoms with Crippen LogP contribution in [0.1, 0.15) is 0 Å². The van der Waals surface area contributed by atoms with Crippen molar-refractivity contribution in [2.24, 2.45) is 0 Å². The molecule has 3 aromatic carbocycles. The third-order valence-corrected chi connectivity index (χ3v) is 5.48. The minimum atomic E-state index is -0.741. The Labute approximate surface area is 171 Å². The van der Waals surface area contributed by atoms with Crippen LogP contribution in [0.3, 0.4) is 0 Å². The molecule has 1 amide bonds. The van der Waals surface area contributed by atoms with Gasteiger partial charge < -0.3 is 9.88 Å². The number of aromatic nitrogens is 1. The van der Waals surface area contributed by atoms with Gasteiger partial charge in [-0.05, 0) is 59.0 Å². The molecule has 0 saturated heterocycles. The topological polar surface area (TPSA) is 51.1 Å².